The highest BCUT2D eigenvalue weighted by Crippen LogP contribution is 2.29. The zero-order valence-corrected chi connectivity index (χ0v) is 13.6. The molecule has 1 aromatic carbocycles. The largest absolute Gasteiger partial charge is 0.420 e. The van der Waals surface area contributed by atoms with Crippen molar-refractivity contribution in [2.45, 2.75) is 45.4 Å². The van der Waals surface area contributed by atoms with Gasteiger partial charge >= 0.3 is 5.97 Å². The number of carbonyl (C=O) groups excluding carboxylic acids is 2. The summed E-state index contributed by atoms with van der Waals surface area (Å²) in [6.45, 7) is 2.51. The molecular formula is C16H18F5NO3. The second kappa shape index (κ2) is 9.95. The van der Waals surface area contributed by atoms with E-state index in [0.717, 1.165) is 19.3 Å². The van der Waals surface area contributed by atoms with Gasteiger partial charge in [0.2, 0.25) is 40.7 Å². The van der Waals surface area contributed by atoms with E-state index in [1.54, 1.807) is 0 Å². The third kappa shape index (κ3) is 5.99. The van der Waals surface area contributed by atoms with Crippen LogP contribution in [0.15, 0.2) is 0 Å². The van der Waals surface area contributed by atoms with Crippen LogP contribution in [-0.4, -0.2) is 18.4 Å². The Hall–Kier alpha value is -2.19. The molecule has 1 amide bonds. The fourth-order valence-corrected chi connectivity index (χ4v) is 1.92. The Morgan fingerprint density at radius 2 is 1.40 bits per heavy atom. The second-order valence-corrected chi connectivity index (χ2v) is 5.28. The maximum absolute atomic E-state index is 13.4. The first kappa shape index (κ1) is 20.9. The summed E-state index contributed by atoms with van der Waals surface area (Å²) in [6.07, 6.45) is 2.35. The van der Waals surface area contributed by atoms with Crippen LogP contribution in [0.4, 0.5) is 22.0 Å². The lowest BCUT2D eigenvalue weighted by molar-refractivity contribution is -0.135. The van der Waals surface area contributed by atoms with Gasteiger partial charge in [0.15, 0.2) is 0 Å². The van der Waals surface area contributed by atoms with Gasteiger partial charge < -0.3 is 10.1 Å². The normalized spacial score (nSPS) is 10.6. The lowest BCUT2D eigenvalue weighted by Crippen LogP contribution is -2.24. The van der Waals surface area contributed by atoms with Crippen LogP contribution >= 0.6 is 0 Å². The van der Waals surface area contributed by atoms with Crippen LogP contribution in [0.3, 0.4) is 0 Å². The molecule has 0 heterocycles. The smallest absolute Gasteiger partial charge is 0.311 e. The number of hydrogen-bond donors (Lipinski definition) is 1. The molecule has 1 rings (SSSR count). The average Bonchev–Trinajstić information content (AvgIpc) is 2.59. The Morgan fingerprint density at radius 3 is 1.96 bits per heavy atom. The summed E-state index contributed by atoms with van der Waals surface area (Å²) in [5.41, 5.74) is 0. The molecule has 25 heavy (non-hydrogen) atoms. The fourth-order valence-electron chi connectivity index (χ4n) is 1.92. The lowest BCUT2D eigenvalue weighted by Gasteiger charge is -2.09. The third-order valence-electron chi connectivity index (χ3n) is 3.27. The van der Waals surface area contributed by atoms with Crippen LogP contribution in [0.25, 0.3) is 0 Å². The van der Waals surface area contributed by atoms with Crippen LogP contribution in [0.1, 0.15) is 45.4 Å². The first-order valence-electron chi connectivity index (χ1n) is 7.78. The van der Waals surface area contributed by atoms with Crippen LogP contribution in [-0.2, 0) is 9.59 Å². The Bertz CT molecular complexity index is 608. The van der Waals surface area contributed by atoms with Crippen molar-refractivity contribution in [3.63, 3.8) is 0 Å². The molecule has 4 nitrogen and oxygen atoms in total. The standard InChI is InChI=1S/C16H18F5NO3/c1-2-3-4-8-22-9(23)6-5-7-10(24)25-16-14(20)12(18)11(17)13(19)15(16)21/h2-8H2,1H3,(H,22,23). The maximum Gasteiger partial charge on any atom is 0.311 e. The number of esters is 1. The topological polar surface area (TPSA) is 55.4 Å². The summed E-state index contributed by atoms with van der Waals surface area (Å²) in [7, 11) is 0. The quantitative estimate of drug-likeness (QED) is 0.181. The summed E-state index contributed by atoms with van der Waals surface area (Å²) in [5.74, 6) is -14.3. The molecule has 0 fully saturated rings. The van der Waals surface area contributed by atoms with Gasteiger partial charge in [0.25, 0.3) is 0 Å². The summed E-state index contributed by atoms with van der Waals surface area (Å²) >= 11 is 0. The van der Waals surface area contributed by atoms with Crippen molar-refractivity contribution in [3.8, 4) is 5.75 Å². The predicted molar refractivity (Wildman–Crippen MR) is 78.3 cm³/mol. The zero-order chi connectivity index (χ0) is 19.0. The molecule has 0 atom stereocenters. The summed E-state index contributed by atoms with van der Waals surface area (Å²) in [6, 6.07) is 0. The van der Waals surface area contributed by atoms with Crippen molar-refractivity contribution in [2.24, 2.45) is 0 Å². The first-order chi connectivity index (χ1) is 11.8. The van der Waals surface area contributed by atoms with Crippen LogP contribution < -0.4 is 10.1 Å². The zero-order valence-electron chi connectivity index (χ0n) is 13.6. The van der Waals surface area contributed by atoms with Gasteiger partial charge in [-0.15, -0.1) is 0 Å². The van der Waals surface area contributed by atoms with Crippen molar-refractivity contribution in [1.29, 1.82) is 0 Å². The molecule has 0 aromatic heterocycles. The molecular weight excluding hydrogens is 349 g/mol. The monoisotopic (exact) mass is 367 g/mol. The Kier molecular flexibility index (Phi) is 8.30. The number of halogens is 5. The van der Waals surface area contributed by atoms with Crippen molar-refractivity contribution in [1.82, 2.24) is 5.32 Å². The predicted octanol–water partition coefficient (Wildman–Crippen LogP) is 3.76. The highest BCUT2D eigenvalue weighted by atomic mass is 19.2. The van der Waals surface area contributed by atoms with E-state index in [4.69, 9.17) is 0 Å². The molecule has 0 saturated heterocycles. The number of nitrogens with one attached hydrogen (secondary N) is 1. The second-order valence-electron chi connectivity index (χ2n) is 5.28. The molecule has 0 spiro atoms. The Balaban J connectivity index is 2.49. The van der Waals surface area contributed by atoms with Gasteiger partial charge in [-0.25, -0.2) is 13.2 Å². The maximum atomic E-state index is 13.4. The molecule has 0 aliphatic carbocycles. The third-order valence-corrected chi connectivity index (χ3v) is 3.27. The number of benzene rings is 1. The number of unbranched alkanes of at least 4 members (excludes halogenated alkanes) is 2. The highest BCUT2D eigenvalue weighted by Gasteiger charge is 2.28. The number of hydrogen-bond acceptors (Lipinski definition) is 3. The van der Waals surface area contributed by atoms with E-state index >= 15 is 0 Å². The highest BCUT2D eigenvalue weighted by molar-refractivity contribution is 5.77. The summed E-state index contributed by atoms with van der Waals surface area (Å²) in [5, 5.41) is 2.63. The van der Waals surface area contributed by atoms with Crippen LogP contribution in [0.5, 0.6) is 5.75 Å². The number of carbonyl (C=O) groups is 2. The van der Waals surface area contributed by atoms with Crippen molar-refractivity contribution in [2.75, 3.05) is 6.54 Å². The van der Waals surface area contributed by atoms with Crippen molar-refractivity contribution >= 4 is 11.9 Å². The average molecular weight is 367 g/mol. The SMILES string of the molecule is CCCCCNC(=O)CCCC(=O)Oc1c(F)c(F)c(F)c(F)c1F. The molecule has 0 bridgehead atoms. The van der Waals surface area contributed by atoms with Gasteiger partial charge in [0.05, 0.1) is 0 Å². The minimum atomic E-state index is -2.34. The van der Waals surface area contributed by atoms with Crippen LogP contribution in [0.2, 0.25) is 0 Å². The molecule has 140 valence electrons. The van der Waals surface area contributed by atoms with Crippen molar-refractivity contribution < 1.29 is 36.3 Å². The molecule has 0 aliphatic heterocycles. The molecule has 0 saturated carbocycles. The number of amides is 1. The van der Waals surface area contributed by atoms with E-state index in [1.807, 2.05) is 6.92 Å². The molecule has 0 unspecified atom stereocenters. The molecule has 1 N–H and O–H groups in total. The van der Waals surface area contributed by atoms with E-state index in [1.165, 1.54) is 0 Å². The van der Waals surface area contributed by atoms with Gasteiger partial charge in [-0.3, -0.25) is 9.59 Å². The summed E-state index contributed by atoms with van der Waals surface area (Å²) < 4.78 is 69.7. The molecule has 0 aliphatic rings. The number of ether oxygens (including phenoxy) is 1. The molecule has 9 heteroatoms. The fraction of sp³-hybridized carbons (Fsp3) is 0.500. The van der Waals surface area contributed by atoms with E-state index in [-0.39, 0.29) is 18.7 Å². The van der Waals surface area contributed by atoms with Crippen LogP contribution in [0, 0.1) is 29.1 Å². The first-order valence-corrected chi connectivity index (χ1v) is 7.78. The van der Waals surface area contributed by atoms with Gasteiger partial charge in [-0.1, -0.05) is 19.8 Å². The lowest BCUT2D eigenvalue weighted by atomic mass is 10.2. The van der Waals surface area contributed by atoms with E-state index in [2.05, 4.69) is 10.1 Å². The van der Waals surface area contributed by atoms with Gasteiger partial charge in [0.1, 0.15) is 0 Å². The Morgan fingerprint density at radius 1 is 0.840 bits per heavy atom. The van der Waals surface area contributed by atoms with Gasteiger partial charge in [-0.2, -0.15) is 8.78 Å². The molecule has 1 aromatic rings. The van der Waals surface area contributed by atoms with E-state index in [9.17, 15) is 31.5 Å². The van der Waals surface area contributed by atoms with E-state index < -0.39 is 47.2 Å². The van der Waals surface area contributed by atoms with E-state index in [0.29, 0.717) is 6.54 Å². The minimum Gasteiger partial charge on any atom is -0.420 e. The minimum absolute atomic E-state index is 0.00778. The number of rotatable bonds is 9. The van der Waals surface area contributed by atoms with Crippen molar-refractivity contribution in [3.05, 3.63) is 29.1 Å². The summed E-state index contributed by atoms with van der Waals surface area (Å²) in [4.78, 5) is 22.9. The van der Waals surface area contributed by atoms with Gasteiger partial charge in [-0.05, 0) is 12.8 Å². The van der Waals surface area contributed by atoms with Gasteiger partial charge in [0, 0.05) is 19.4 Å². The Labute approximate surface area is 141 Å². The molecule has 0 radical (unpaired) electrons.